The quantitative estimate of drug-likeness (QED) is 0.275. The van der Waals surface area contributed by atoms with Gasteiger partial charge in [0.25, 0.3) is 0 Å². The van der Waals surface area contributed by atoms with Gasteiger partial charge in [0.1, 0.15) is 11.4 Å². The summed E-state index contributed by atoms with van der Waals surface area (Å²) in [7, 11) is 1.16. The van der Waals surface area contributed by atoms with Crippen LogP contribution >= 0.6 is 0 Å². The van der Waals surface area contributed by atoms with Crippen LogP contribution in [0.15, 0.2) is 17.3 Å². The van der Waals surface area contributed by atoms with Gasteiger partial charge in [0.15, 0.2) is 0 Å². The highest BCUT2D eigenvalue weighted by molar-refractivity contribution is 6.35. The maximum atomic E-state index is 9.54. The lowest BCUT2D eigenvalue weighted by Gasteiger charge is -2.25. The molecule has 2 rings (SSSR count). The summed E-state index contributed by atoms with van der Waals surface area (Å²) in [5.41, 5.74) is 1.25. The molecule has 0 aliphatic carbocycles. The predicted molar refractivity (Wildman–Crippen MR) is 80.0 cm³/mol. The predicted octanol–water partition coefficient (Wildman–Crippen LogP) is 1.77. The number of pyridine rings is 1. The fourth-order valence-electron chi connectivity index (χ4n) is 2.37. The molecule has 0 spiro atoms. The molecular formula is C14H21N3O2Si. The van der Waals surface area contributed by atoms with Gasteiger partial charge < -0.3 is 15.2 Å². The second-order valence-electron chi connectivity index (χ2n) is 5.00. The van der Waals surface area contributed by atoms with Crippen LogP contribution in [0.25, 0.3) is 0 Å². The molecule has 0 aromatic carbocycles. The van der Waals surface area contributed by atoms with Crippen molar-refractivity contribution in [1.82, 2.24) is 9.88 Å². The zero-order chi connectivity index (χ0) is 14.2. The van der Waals surface area contributed by atoms with Crippen molar-refractivity contribution in [2.75, 3.05) is 19.6 Å². The Labute approximate surface area is 122 Å². The zero-order valence-corrected chi connectivity index (χ0v) is 12.6. The van der Waals surface area contributed by atoms with Crippen LogP contribution in [0.5, 0.6) is 5.75 Å². The van der Waals surface area contributed by atoms with Crippen LogP contribution in [-0.4, -0.2) is 55.6 Å². The fraction of sp³-hybridized carbons (Fsp3) is 0.571. The van der Waals surface area contributed by atoms with Gasteiger partial charge in [-0.1, -0.05) is 5.16 Å². The van der Waals surface area contributed by atoms with E-state index in [-0.39, 0.29) is 5.75 Å². The fourth-order valence-corrected chi connectivity index (χ4v) is 3.57. The average Bonchev–Trinajstić information content (AvgIpc) is 2.48. The molecule has 2 heterocycles. The van der Waals surface area contributed by atoms with E-state index in [1.54, 1.807) is 6.07 Å². The third-order valence-corrected chi connectivity index (χ3v) is 4.66. The van der Waals surface area contributed by atoms with Crippen molar-refractivity contribution in [3.05, 3.63) is 23.5 Å². The van der Waals surface area contributed by atoms with Crippen LogP contribution in [0.1, 0.15) is 24.2 Å². The van der Waals surface area contributed by atoms with E-state index >= 15 is 0 Å². The molecule has 0 saturated carbocycles. The number of nitrogens with zero attached hydrogens (tertiary/aromatic N) is 3. The van der Waals surface area contributed by atoms with Crippen molar-refractivity contribution >= 4 is 15.7 Å². The Balaban J connectivity index is 1.74. The number of hydrogen-bond donors (Lipinski definition) is 2. The van der Waals surface area contributed by atoms with E-state index in [2.05, 4.69) is 15.0 Å². The number of oxime groups is 1. The minimum atomic E-state index is 0.0423. The lowest BCUT2D eigenvalue weighted by molar-refractivity contribution is 0.287. The number of aromatic hydroxyl groups is 1. The van der Waals surface area contributed by atoms with Crippen molar-refractivity contribution in [2.45, 2.75) is 31.4 Å². The highest BCUT2D eigenvalue weighted by atomic mass is 28.2. The molecular weight excluding hydrogens is 270 g/mol. The summed E-state index contributed by atoms with van der Waals surface area (Å²) >= 11 is 0. The Bertz CT molecular complexity index is 448. The molecule has 20 heavy (non-hydrogen) atoms. The van der Waals surface area contributed by atoms with Gasteiger partial charge >= 0.3 is 0 Å². The van der Waals surface area contributed by atoms with Crippen molar-refractivity contribution in [3.8, 4) is 5.75 Å². The summed E-state index contributed by atoms with van der Waals surface area (Å²) in [5.74, 6) is 0.0423. The molecule has 2 N–H and O–H groups in total. The van der Waals surface area contributed by atoms with E-state index in [4.69, 9.17) is 5.21 Å². The number of rotatable bonds is 6. The minimum Gasteiger partial charge on any atom is -0.506 e. The van der Waals surface area contributed by atoms with Crippen molar-refractivity contribution in [3.63, 3.8) is 0 Å². The lowest BCUT2D eigenvalue weighted by Crippen LogP contribution is -2.32. The molecule has 1 saturated heterocycles. The maximum absolute atomic E-state index is 9.54. The molecule has 108 valence electrons. The van der Waals surface area contributed by atoms with E-state index < -0.39 is 0 Å². The maximum Gasteiger partial charge on any atom is 0.142 e. The third kappa shape index (κ3) is 4.61. The Morgan fingerprint density at radius 3 is 2.85 bits per heavy atom. The van der Waals surface area contributed by atoms with Crippen LogP contribution in [0.2, 0.25) is 12.1 Å². The molecule has 6 heteroatoms. The Morgan fingerprint density at radius 1 is 1.30 bits per heavy atom. The van der Waals surface area contributed by atoms with Gasteiger partial charge in [-0.15, -0.1) is 0 Å². The number of hydrogen-bond acceptors (Lipinski definition) is 5. The minimum absolute atomic E-state index is 0.0423. The van der Waals surface area contributed by atoms with Gasteiger partial charge in [-0.25, -0.2) is 4.98 Å². The van der Waals surface area contributed by atoms with E-state index in [9.17, 15) is 5.11 Å². The summed E-state index contributed by atoms with van der Waals surface area (Å²) in [6.07, 6.45) is 4.32. The standard InChI is InChI=1S/C14H21N3O2Si/c18-14-5-4-12(16-13(14)11-15-19)3-1-2-6-17-7-9-20-10-8-17/h4-5,11,18-19H,1-3,6-10H2/b15-11+. The zero-order valence-electron chi connectivity index (χ0n) is 11.6. The lowest BCUT2D eigenvalue weighted by atomic mass is 10.1. The third-order valence-electron chi connectivity index (χ3n) is 3.51. The first kappa shape index (κ1) is 15.0. The Morgan fingerprint density at radius 2 is 2.10 bits per heavy atom. The molecule has 1 fully saturated rings. The molecule has 0 atom stereocenters. The largest absolute Gasteiger partial charge is 0.506 e. The SMILES string of the molecule is O/N=C/c1nc(CCCCN2CC[Si]CC2)ccc1O. The monoisotopic (exact) mass is 291 g/mol. The van der Waals surface area contributed by atoms with Crippen molar-refractivity contribution in [1.29, 1.82) is 0 Å². The average molecular weight is 291 g/mol. The molecule has 1 aromatic rings. The molecule has 0 unspecified atom stereocenters. The number of aromatic nitrogens is 1. The van der Waals surface area contributed by atoms with Gasteiger partial charge in [-0.05, 0) is 63.1 Å². The molecule has 2 radical (unpaired) electrons. The summed E-state index contributed by atoms with van der Waals surface area (Å²) in [4.78, 5) is 6.82. The van der Waals surface area contributed by atoms with Crippen molar-refractivity contribution < 1.29 is 10.3 Å². The summed E-state index contributed by atoms with van der Waals surface area (Å²) in [5, 5.41) is 21.0. The molecule has 0 amide bonds. The van der Waals surface area contributed by atoms with Gasteiger partial charge in [-0.3, -0.25) is 0 Å². The number of aryl methyl sites for hydroxylation is 1. The van der Waals surface area contributed by atoms with Gasteiger partial charge in [-0.2, -0.15) is 0 Å². The van der Waals surface area contributed by atoms with E-state index in [0.717, 1.165) is 34.3 Å². The van der Waals surface area contributed by atoms with Crippen LogP contribution in [0, 0.1) is 0 Å². The van der Waals surface area contributed by atoms with E-state index in [1.165, 1.54) is 38.1 Å². The smallest absolute Gasteiger partial charge is 0.142 e. The van der Waals surface area contributed by atoms with Gasteiger partial charge in [0.2, 0.25) is 0 Å². The summed E-state index contributed by atoms with van der Waals surface area (Å²) in [6.45, 7) is 3.69. The van der Waals surface area contributed by atoms with Crippen LogP contribution < -0.4 is 0 Å². The highest BCUT2D eigenvalue weighted by Crippen LogP contribution is 2.14. The second kappa shape index (κ2) is 8.01. The first-order valence-electron chi connectivity index (χ1n) is 7.09. The normalized spacial score (nSPS) is 16.8. The molecule has 5 nitrogen and oxygen atoms in total. The highest BCUT2D eigenvalue weighted by Gasteiger charge is 2.09. The van der Waals surface area contributed by atoms with Gasteiger partial charge in [0.05, 0.1) is 6.21 Å². The van der Waals surface area contributed by atoms with Crippen LogP contribution in [0.4, 0.5) is 0 Å². The molecule has 1 aliphatic heterocycles. The molecule has 1 aliphatic rings. The number of unbranched alkanes of at least 4 members (excludes halogenated alkanes) is 1. The summed E-state index contributed by atoms with van der Waals surface area (Å²) in [6, 6.07) is 6.16. The van der Waals surface area contributed by atoms with E-state index in [0.29, 0.717) is 5.69 Å². The Hall–Kier alpha value is -1.40. The van der Waals surface area contributed by atoms with Crippen LogP contribution in [-0.2, 0) is 6.42 Å². The topological polar surface area (TPSA) is 69.0 Å². The first-order valence-corrected chi connectivity index (χ1v) is 8.50. The molecule has 0 bridgehead atoms. The van der Waals surface area contributed by atoms with E-state index in [1.807, 2.05) is 6.07 Å². The Kier molecular flexibility index (Phi) is 6.01. The second-order valence-corrected chi connectivity index (χ2v) is 6.50. The van der Waals surface area contributed by atoms with Gasteiger partial charge in [0, 0.05) is 15.2 Å². The molecule has 1 aromatic heterocycles. The first-order chi connectivity index (χ1) is 9.79. The van der Waals surface area contributed by atoms with Crippen LogP contribution in [0.3, 0.4) is 0 Å². The summed E-state index contributed by atoms with van der Waals surface area (Å²) < 4.78 is 0. The van der Waals surface area contributed by atoms with Crippen molar-refractivity contribution in [2.24, 2.45) is 5.16 Å².